The summed E-state index contributed by atoms with van der Waals surface area (Å²) in [6.07, 6.45) is 4.16. The number of carbonyl (C=O) groups is 1. The van der Waals surface area contributed by atoms with Gasteiger partial charge in [0.05, 0.1) is 12.1 Å². The lowest BCUT2D eigenvalue weighted by Gasteiger charge is -2.38. The summed E-state index contributed by atoms with van der Waals surface area (Å²) < 4.78 is 14.8. The van der Waals surface area contributed by atoms with Crippen LogP contribution >= 0.6 is 0 Å². The molecule has 1 aromatic heterocycles. The van der Waals surface area contributed by atoms with Crippen LogP contribution < -0.4 is 0 Å². The van der Waals surface area contributed by atoms with Crippen molar-refractivity contribution in [1.29, 1.82) is 0 Å². The second kappa shape index (κ2) is 10.7. The summed E-state index contributed by atoms with van der Waals surface area (Å²) in [7, 11) is -2.01. The molecule has 204 valence electrons. The molecule has 0 unspecified atom stereocenters. The largest absolute Gasteiger partial charge is 0.444 e. The van der Waals surface area contributed by atoms with E-state index >= 15 is 0 Å². The summed E-state index contributed by atoms with van der Waals surface area (Å²) in [5, 5.41) is 0.0874. The first-order valence-corrected chi connectivity index (χ1v) is 16.5. The predicted molar refractivity (Wildman–Crippen MR) is 156 cm³/mol. The zero-order chi connectivity index (χ0) is 27.7. The lowest BCUT2D eigenvalue weighted by Crippen LogP contribution is -2.45. The molecule has 2 aromatic carbocycles. The van der Waals surface area contributed by atoms with Gasteiger partial charge in [-0.2, -0.15) is 0 Å². The molecule has 1 amide bonds. The van der Waals surface area contributed by atoms with Gasteiger partial charge < -0.3 is 13.7 Å². The third kappa shape index (κ3) is 6.56. The normalized spacial score (nSPS) is 18.6. The van der Waals surface area contributed by atoms with Gasteiger partial charge in [-0.1, -0.05) is 69.3 Å². The number of ether oxygens (including phenoxy) is 1. The van der Waals surface area contributed by atoms with E-state index in [2.05, 4.69) is 87.0 Å². The van der Waals surface area contributed by atoms with Gasteiger partial charge in [0.25, 0.3) is 0 Å². The Morgan fingerprint density at radius 2 is 1.68 bits per heavy atom. The second-order valence-corrected chi connectivity index (χ2v) is 17.6. The molecule has 0 spiro atoms. The molecule has 0 N–H and O–H groups in total. The van der Waals surface area contributed by atoms with Crippen LogP contribution in [0, 0.1) is 0 Å². The molecule has 4 rings (SSSR count). The first-order chi connectivity index (χ1) is 17.7. The zero-order valence-corrected chi connectivity index (χ0v) is 25.2. The molecule has 7 heteroatoms. The Bertz CT molecular complexity index is 1240. The summed E-state index contributed by atoms with van der Waals surface area (Å²) in [5.41, 5.74) is 2.98. The molecule has 2 heterocycles. The molecule has 1 fully saturated rings. The lowest BCUT2D eigenvalue weighted by atomic mass is 10.0. The zero-order valence-electron chi connectivity index (χ0n) is 24.2. The maximum Gasteiger partial charge on any atom is 0.411 e. The summed E-state index contributed by atoms with van der Waals surface area (Å²) >= 11 is 0. The molecule has 1 aliphatic rings. The predicted octanol–water partition coefficient (Wildman–Crippen LogP) is 7.67. The van der Waals surface area contributed by atoms with E-state index < -0.39 is 13.9 Å². The molecule has 0 radical (unpaired) electrons. The number of amides is 1. The van der Waals surface area contributed by atoms with Gasteiger partial charge in [-0.3, -0.25) is 4.90 Å². The number of rotatable bonds is 6. The Hall–Kier alpha value is -2.90. The molecule has 38 heavy (non-hydrogen) atoms. The van der Waals surface area contributed by atoms with Gasteiger partial charge in [-0.25, -0.2) is 9.78 Å². The topological polar surface area (TPSA) is 56.6 Å². The lowest BCUT2D eigenvalue weighted by molar-refractivity contribution is 0.0201. The maximum absolute atomic E-state index is 13.4. The fourth-order valence-corrected chi connectivity index (χ4v) is 6.03. The second-order valence-electron chi connectivity index (χ2n) is 12.9. The van der Waals surface area contributed by atoms with Crippen molar-refractivity contribution < 1.29 is 14.0 Å². The van der Waals surface area contributed by atoms with E-state index in [9.17, 15) is 4.79 Å². The Kier molecular flexibility index (Phi) is 7.91. The van der Waals surface area contributed by atoms with Crippen LogP contribution in [0.3, 0.4) is 0 Å². The van der Waals surface area contributed by atoms with Crippen molar-refractivity contribution in [3.05, 3.63) is 78.4 Å². The molecule has 1 aliphatic heterocycles. The van der Waals surface area contributed by atoms with E-state index in [0.717, 1.165) is 5.82 Å². The first kappa shape index (κ1) is 28.1. The standard InChI is InChI=1S/C31H43N3O3Si/c1-30(2,3)36-29(35)34-22-26(37-38(7,8)31(4,5)6)20-27(34)28-32-17-18-33(28)21-23-13-12-16-25(19-23)24-14-10-9-11-15-24/h9-19,26-27H,20-22H2,1-8H3/t26-,27+/m1/s1. The molecule has 1 saturated heterocycles. The van der Waals surface area contributed by atoms with Gasteiger partial charge in [0.2, 0.25) is 0 Å². The number of likely N-dealkylation sites (tertiary alicyclic amines) is 1. The highest BCUT2D eigenvalue weighted by Crippen LogP contribution is 2.41. The third-order valence-corrected chi connectivity index (χ3v) is 12.1. The van der Waals surface area contributed by atoms with E-state index in [1.165, 1.54) is 16.7 Å². The van der Waals surface area contributed by atoms with Crippen molar-refractivity contribution in [3.8, 4) is 11.1 Å². The van der Waals surface area contributed by atoms with Crippen molar-refractivity contribution in [2.24, 2.45) is 0 Å². The van der Waals surface area contributed by atoms with Crippen LogP contribution in [-0.2, 0) is 15.7 Å². The Labute approximate surface area is 229 Å². The van der Waals surface area contributed by atoms with E-state index in [4.69, 9.17) is 14.1 Å². The van der Waals surface area contributed by atoms with Crippen LogP contribution in [0.25, 0.3) is 11.1 Å². The van der Waals surface area contributed by atoms with Crippen molar-refractivity contribution in [2.75, 3.05) is 6.54 Å². The van der Waals surface area contributed by atoms with Crippen molar-refractivity contribution in [3.63, 3.8) is 0 Å². The number of hydrogen-bond donors (Lipinski definition) is 0. The summed E-state index contributed by atoms with van der Waals surface area (Å²) in [4.78, 5) is 19.9. The minimum atomic E-state index is -2.01. The quantitative estimate of drug-likeness (QED) is 0.305. The van der Waals surface area contributed by atoms with E-state index in [0.29, 0.717) is 19.5 Å². The number of imidazole rings is 1. The summed E-state index contributed by atoms with van der Waals surface area (Å²) in [6, 6.07) is 18.8. The summed E-state index contributed by atoms with van der Waals surface area (Å²) in [6.45, 7) is 18.1. The van der Waals surface area contributed by atoms with Gasteiger partial charge in [0.15, 0.2) is 8.32 Å². The minimum Gasteiger partial charge on any atom is -0.444 e. The third-order valence-electron chi connectivity index (χ3n) is 7.59. The minimum absolute atomic E-state index is 0.0556. The highest BCUT2D eigenvalue weighted by molar-refractivity contribution is 6.74. The average molecular weight is 534 g/mol. The van der Waals surface area contributed by atoms with Crippen molar-refractivity contribution in [1.82, 2.24) is 14.5 Å². The number of nitrogens with zero attached hydrogens (tertiary/aromatic N) is 3. The fraction of sp³-hybridized carbons (Fsp3) is 0.484. The van der Waals surface area contributed by atoms with Gasteiger partial charge in [0, 0.05) is 31.9 Å². The van der Waals surface area contributed by atoms with Crippen molar-refractivity contribution in [2.45, 2.75) is 90.4 Å². The molecule has 0 saturated carbocycles. The smallest absolute Gasteiger partial charge is 0.411 e. The van der Waals surface area contributed by atoms with Gasteiger partial charge in [-0.05, 0) is 61.7 Å². The number of carbonyl (C=O) groups excluding carboxylic acids is 1. The SMILES string of the molecule is CC(C)(C)OC(=O)N1C[C@H](O[Si](C)(C)C(C)(C)C)C[C@H]1c1nccn1Cc1cccc(-c2ccccc2)c1. The molecular weight excluding hydrogens is 490 g/mol. The number of aromatic nitrogens is 2. The van der Waals surface area contributed by atoms with Crippen LogP contribution in [0.4, 0.5) is 4.79 Å². The van der Waals surface area contributed by atoms with Gasteiger partial charge in [0.1, 0.15) is 11.4 Å². The van der Waals surface area contributed by atoms with Gasteiger partial charge in [-0.15, -0.1) is 0 Å². The fourth-order valence-electron chi connectivity index (χ4n) is 4.67. The van der Waals surface area contributed by atoms with Crippen LogP contribution in [0.2, 0.25) is 18.1 Å². The molecule has 0 bridgehead atoms. The number of benzene rings is 2. The first-order valence-electron chi connectivity index (χ1n) is 13.6. The van der Waals surface area contributed by atoms with Crippen LogP contribution in [0.1, 0.15) is 65.4 Å². The molecular formula is C31H43N3O3Si. The average Bonchev–Trinajstić information content (AvgIpc) is 3.44. The van der Waals surface area contributed by atoms with Crippen LogP contribution in [-0.4, -0.2) is 47.1 Å². The van der Waals surface area contributed by atoms with E-state index in [1.54, 1.807) is 0 Å². The molecule has 6 nitrogen and oxygen atoms in total. The molecule has 0 aliphatic carbocycles. The maximum atomic E-state index is 13.4. The highest BCUT2D eigenvalue weighted by Gasteiger charge is 2.45. The Balaban J connectivity index is 1.61. The molecule has 3 aromatic rings. The van der Waals surface area contributed by atoms with E-state index in [1.807, 2.05) is 44.1 Å². The Morgan fingerprint density at radius 3 is 2.34 bits per heavy atom. The number of hydrogen-bond acceptors (Lipinski definition) is 4. The Morgan fingerprint density at radius 1 is 1.00 bits per heavy atom. The molecule has 2 atom stereocenters. The summed E-state index contributed by atoms with van der Waals surface area (Å²) in [5.74, 6) is 0.863. The highest BCUT2D eigenvalue weighted by atomic mass is 28.4. The van der Waals surface area contributed by atoms with E-state index in [-0.39, 0.29) is 23.3 Å². The monoisotopic (exact) mass is 533 g/mol. The van der Waals surface area contributed by atoms with Crippen molar-refractivity contribution >= 4 is 14.4 Å². The van der Waals surface area contributed by atoms with Crippen LogP contribution in [0.15, 0.2) is 67.0 Å². The van der Waals surface area contributed by atoms with Gasteiger partial charge >= 0.3 is 6.09 Å². The van der Waals surface area contributed by atoms with Crippen LogP contribution in [0.5, 0.6) is 0 Å².